The van der Waals surface area contributed by atoms with E-state index in [0.717, 1.165) is 25.1 Å². The standard InChI is InChI=1S/C11H18N4OS/c1-15-5-3-2-4-9(15)10(16)13-6-8-7-17-11(12)14-8/h7,9H,2-6H2,1H3,(H2,12,14)(H,13,16)/t9-/m0/s1. The third-order valence-electron chi connectivity index (χ3n) is 3.09. The maximum Gasteiger partial charge on any atom is 0.237 e. The number of amides is 1. The molecule has 5 nitrogen and oxygen atoms in total. The van der Waals surface area contributed by atoms with Gasteiger partial charge in [-0.3, -0.25) is 9.69 Å². The Morgan fingerprint density at radius 2 is 2.53 bits per heavy atom. The molecule has 0 bridgehead atoms. The van der Waals surface area contributed by atoms with Crippen LogP contribution < -0.4 is 11.1 Å². The molecule has 1 saturated heterocycles. The number of carbonyl (C=O) groups excluding carboxylic acids is 1. The number of nitrogens with two attached hydrogens (primary N) is 1. The summed E-state index contributed by atoms with van der Waals surface area (Å²) in [6.45, 7) is 1.47. The number of hydrogen-bond donors (Lipinski definition) is 2. The number of rotatable bonds is 3. The molecule has 2 rings (SSSR count). The van der Waals surface area contributed by atoms with E-state index in [2.05, 4.69) is 15.2 Å². The molecule has 1 atom stereocenters. The van der Waals surface area contributed by atoms with E-state index in [1.165, 1.54) is 17.8 Å². The van der Waals surface area contributed by atoms with Crippen molar-refractivity contribution in [3.05, 3.63) is 11.1 Å². The summed E-state index contributed by atoms with van der Waals surface area (Å²) < 4.78 is 0. The van der Waals surface area contributed by atoms with Crippen molar-refractivity contribution in [3.63, 3.8) is 0 Å². The second kappa shape index (κ2) is 5.46. The molecule has 1 aromatic rings. The van der Waals surface area contributed by atoms with Gasteiger partial charge >= 0.3 is 0 Å². The third-order valence-corrected chi connectivity index (χ3v) is 3.81. The average Bonchev–Trinajstić information content (AvgIpc) is 2.73. The van der Waals surface area contributed by atoms with Crippen LogP contribution in [0.25, 0.3) is 0 Å². The minimum atomic E-state index is 0.0136. The molecule has 1 amide bonds. The normalized spacial score (nSPS) is 21.4. The fraction of sp³-hybridized carbons (Fsp3) is 0.636. The molecule has 1 aliphatic heterocycles. The third kappa shape index (κ3) is 3.17. The largest absolute Gasteiger partial charge is 0.375 e. The number of nitrogens with zero attached hydrogens (tertiary/aromatic N) is 2. The molecule has 0 spiro atoms. The number of hydrogen-bond acceptors (Lipinski definition) is 5. The number of thiazole rings is 1. The zero-order valence-corrected chi connectivity index (χ0v) is 10.8. The molecule has 0 radical (unpaired) electrons. The van der Waals surface area contributed by atoms with E-state index in [1.807, 2.05) is 12.4 Å². The van der Waals surface area contributed by atoms with E-state index in [-0.39, 0.29) is 11.9 Å². The number of nitrogens with one attached hydrogen (secondary N) is 1. The predicted octanol–water partition coefficient (Wildman–Crippen LogP) is 0.826. The van der Waals surface area contributed by atoms with Crippen LogP contribution in [0.2, 0.25) is 0 Å². The van der Waals surface area contributed by atoms with Crippen molar-refractivity contribution in [1.29, 1.82) is 0 Å². The number of nitrogen functional groups attached to an aromatic ring is 1. The van der Waals surface area contributed by atoms with Crippen molar-refractivity contribution in [1.82, 2.24) is 15.2 Å². The van der Waals surface area contributed by atoms with Crippen molar-refractivity contribution < 1.29 is 4.79 Å². The van der Waals surface area contributed by atoms with Gasteiger partial charge in [0.15, 0.2) is 5.13 Å². The topological polar surface area (TPSA) is 71.2 Å². The Bertz CT molecular complexity index is 393. The van der Waals surface area contributed by atoms with Crippen molar-refractivity contribution >= 4 is 22.4 Å². The van der Waals surface area contributed by atoms with E-state index in [1.54, 1.807) is 0 Å². The van der Waals surface area contributed by atoms with Crippen LogP contribution in [0.5, 0.6) is 0 Å². The molecular formula is C11H18N4OS. The van der Waals surface area contributed by atoms with Crippen LogP contribution in [0.4, 0.5) is 5.13 Å². The molecule has 0 aromatic carbocycles. The van der Waals surface area contributed by atoms with Crippen LogP contribution in [-0.2, 0) is 11.3 Å². The van der Waals surface area contributed by atoms with Gasteiger partial charge in [0.2, 0.25) is 5.91 Å². The first-order valence-corrected chi connectivity index (χ1v) is 6.72. The van der Waals surface area contributed by atoms with Crippen LogP contribution in [0.15, 0.2) is 5.38 Å². The van der Waals surface area contributed by atoms with E-state index in [0.29, 0.717) is 11.7 Å². The lowest BCUT2D eigenvalue weighted by molar-refractivity contribution is -0.127. The Hall–Kier alpha value is -1.14. The molecule has 1 fully saturated rings. The quantitative estimate of drug-likeness (QED) is 0.838. The summed E-state index contributed by atoms with van der Waals surface area (Å²) in [5.41, 5.74) is 6.37. The molecule has 94 valence electrons. The maximum absolute atomic E-state index is 12.0. The lowest BCUT2D eigenvalue weighted by Gasteiger charge is -2.31. The molecule has 0 aliphatic carbocycles. The number of aromatic nitrogens is 1. The monoisotopic (exact) mass is 254 g/mol. The van der Waals surface area contributed by atoms with Gasteiger partial charge in [0.25, 0.3) is 0 Å². The Morgan fingerprint density at radius 1 is 1.71 bits per heavy atom. The van der Waals surface area contributed by atoms with Crippen LogP contribution >= 0.6 is 11.3 Å². The van der Waals surface area contributed by atoms with Gasteiger partial charge in [0.1, 0.15) is 0 Å². The maximum atomic E-state index is 12.0. The van der Waals surface area contributed by atoms with Crippen molar-refractivity contribution in [2.24, 2.45) is 0 Å². The molecule has 1 aliphatic rings. The summed E-state index contributed by atoms with van der Waals surface area (Å²) in [6, 6.07) is 0.0136. The Kier molecular flexibility index (Phi) is 3.96. The number of anilines is 1. The zero-order valence-electron chi connectivity index (χ0n) is 9.98. The summed E-state index contributed by atoms with van der Waals surface area (Å²) in [5, 5.41) is 5.34. The molecule has 0 unspecified atom stereocenters. The summed E-state index contributed by atoms with van der Waals surface area (Å²) in [5.74, 6) is 0.0961. The van der Waals surface area contributed by atoms with Crippen LogP contribution in [-0.4, -0.2) is 35.4 Å². The molecule has 2 heterocycles. The highest BCUT2D eigenvalue weighted by molar-refractivity contribution is 7.13. The smallest absolute Gasteiger partial charge is 0.237 e. The second-order valence-electron chi connectivity index (χ2n) is 4.39. The predicted molar refractivity (Wildman–Crippen MR) is 68.6 cm³/mol. The minimum absolute atomic E-state index is 0.0136. The van der Waals surface area contributed by atoms with E-state index >= 15 is 0 Å². The SMILES string of the molecule is CN1CCCC[C@H]1C(=O)NCc1csc(N)n1. The van der Waals surface area contributed by atoms with E-state index in [4.69, 9.17) is 5.73 Å². The number of likely N-dealkylation sites (N-methyl/N-ethyl adjacent to an activating group) is 1. The van der Waals surface area contributed by atoms with Gasteiger partial charge in [-0.2, -0.15) is 0 Å². The van der Waals surface area contributed by atoms with Crippen molar-refractivity contribution in [2.75, 3.05) is 19.3 Å². The Morgan fingerprint density at radius 3 is 3.18 bits per heavy atom. The Labute approximate surface area is 105 Å². The first-order chi connectivity index (χ1) is 8.16. The molecule has 17 heavy (non-hydrogen) atoms. The highest BCUT2D eigenvalue weighted by Gasteiger charge is 2.25. The van der Waals surface area contributed by atoms with Crippen LogP contribution in [0.1, 0.15) is 25.0 Å². The van der Waals surface area contributed by atoms with Gasteiger partial charge in [0, 0.05) is 5.38 Å². The average molecular weight is 254 g/mol. The van der Waals surface area contributed by atoms with E-state index in [9.17, 15) is 4.79 Å². The van der Waals surface area contributed by atoms with Gasteiger partial charge in [0.05, 0.1) is 18.3 Å². The fourth-order valence-electron chi connectivity index (χ4n) is 2.11. The summed E-state index contributed by atoms with van der Waals surface area (Å²) >= 11 is 1.40. The molecule has 6 heteroatoms. The van der Waals surface area contributed by atoms with E-state index < -0.39 is 0 Å². The summed E-state index contributed by atoms with van der Waals surface area (Å²) in [6.07, 6.45) is 3.26. The van der Waals surface area contributed by atoms with Gasteiger partial charge in [-0.15, -0.1) is 11.3 Å². The molecular weight excluding hydrogens is 236 g/mol. The van der Waals surface area contributed by atoms with Crippen molar-refractivity contribution in [2.45, 2.75) is 31.8 Å². The first-order valence-electron chi connectivity index (χ1n) is 5.84. The molecule has 3 N–H and O–H groups in total. The number of piperidine rings is 1. The highest BCUT2D eigenvalue weighted by atomic mass is 32.1. The van der Waals surface area contributed by atoms with Crippen LogP contribution in [0.3, 0.4) is 0 Å². The van der Waals surface area contributed by atoms with Gasteiger partial charge in [-0.25, -0.2) is 4.98 Å². The van der Waals surface area contributed by atoms with Gasteiger partial charge in [-0.1, -0.05) is 6.42 Å². The zero-order chi connectivity index (χ0) is 12.3. The van der Waals surface area contributed by atoms with Gasteiger partial charge in [-0.05, 0) is 26.4 Å². The number of likely N-dealkylation sites (tertiary alicyclic amines) is 1. The van der Waals surface area contributed by atoms with Gasteiger partial charge < -0.3 is 11.1 Å². The minimum Gasteiger partial charge on any atom is -0.375 e. The Balaban J connectivity index is 1.84. The lowest BCUT2D eigenvalue weighted by atomic mass is 10.0. The summed E-state index contributed by atoms with van der Waals surface area (Å²) in [4.78, 5) is 18.2. The summed E-state index contributed by atoms with van der Waals surface area (Å²) in [7, 11) is 2.00. The molecule has 0 saturated carbocycles. The van der Waals surface area contributed by atoms with Crippen LogP contribution in [0, 0.1) is 0 Å². The fourth-order valence-corrected chi connectivity index (χ4v) is 2.67. The second-order valence-corrected chi connectivity index (χ2v) is 5.28. The number of carbonyl (C=O) groups is 1. The van der Waals surface area contributed by atoms with Crippen molar-refractivity contribution in [3.8, 4) is 0 Å². The molecule has 1 aromatic heterocycles. The first kappa shape index (κ1) is 12.3. The highest BCUT2D eigenvalue weighted by Crippen LogP contribution is 2.15. The lowest BCUT2D eigenvalue weighted by Crippen LogP contribution is -2.47.